The fraction of sp³-hybridized carbons (Fsp3) is 0.562. The van der Waals surface area contributed by atoms with Gasteiger partial charge in [0.25, 0.3) is 0 Å². The van der Waals surface area contributed by atoms with E-state index in [1.807, 2.05) is 18.2 Å². The number of rotatable bonds is 9. The molecule has 0 radical (unpaired) electrons. The molecule has 0 aliphatic carbocycles. The number of anilines is 1. The van der Waals surface area contributed by atoms with E-state index in [4.69, 9.17) is 2.74 Å². The van der Waals surface area contributed by atoms with Gasteiger partial charge in [-0.2, -0.15) is 0 Å². The lowest BCUT2D eigenvalue weighted by atomic mass is 10.1. The van der Waals surface area contributed by atoms with Gasteiger partial charge in [0.05, 0.1) is 0 Å². The van der Waals surface area contributed by atoms with Crippen molar-refractivity contribution in [3.8, 4) is 0 Å². The van der Waals surface area contributed by atoms with E-state index in [9.17, 15) is 4.79 Å². The van der Waals surface area contributed by atoms with Crippen LogP contribution in [-0.4, -0.2) is 12.6 Å². The summed E-state index contributed by atoms with van der Waals surface area (Å²) in [6.45, 7) is 2.36. The zero-order valence-electron chi connectivity index (χ0n) is 13.7. The predicted octanol–water partition coefficient (Wildman–Crippen LogP) is 4.56. The number of amides is 2. The van der Waals surface area contributed by atoms with Crippen LogP contribution in [0.1, 0.15) is 54.6 Å². The molecule has 2 amide bonds. The molecule has 0 aromatic heterocycles. The second kappa shape index (κ2) is 10.4. The normalized spacial score (nSPS) is 15.0. The molecule has 3 heteroatoms. The van der Waals surface area contributed by atoms with E-state index >= 15 is 0 Å². The van der Waals surface area contributed by atoms with Crippen LogP contribution in [0.2, 0.25) is 0 Å². The zero-order chi connectivity index (χ0) is 15.5. The van der Waals surface area contributed by atoms with Crippen molar-refractivity contribution in [1.82, 2.24) is 5.32 Å². The maximum absolute atomic E-state index is 11.7. The molecule has 0 aliphatic heterocycles. The Kier molecular flexibility index (Phi) is 6.86. The molecular formula is C16H26N2O. The average molecular weight is 264 g/mol. The fourth-order valence-corrected chi connectivity index (χ4v) is 1.74. The van der Waals surface area contributed by atoms with Crippen LogP contribution < -0.4 is 10.6 Å². The molecule has 0 saturated heterocycles. The van der Waals surface area contributed by atoms with Crippen molar-refractivity contribution in [2.75, 3.05) is 11.9 Å². The van der Waals surface area contributed by atoms with Crippen LogP contribution in [0.15, 0.2) is 30.3 Å². The summed E-state index contributed by atoms with van der Waals surface area (Å²) in [4.78, 5) is 11.7. The summed E-state index contributed by atoms with van der Waals surface area (Å²) in [6, 6.07) is 8.86. The highest BCUT2D eigenvalue weighted by molar-refractivity contribution is 5.89. The van der Waals surface area contributed by atoms with Gasteiger partial charge >= 0.3 is 6.03 Å². The maximum atomic E-state index is 11.7. The minimum absolute atomic E-state index is 0.209. The van der Waals surface area contributed by atoms with E-state index in [1.165, 1.54) is 12.8 Å². The Bertz CT molecular complexity index is 401. The Morgan fingerprint density at radius 1 is 1.11 bits per heavy atom. The summed E-state index contributed by atoms with van der Waals surface area (Å²) in [5, 5.41) is 5.36. The maximum Gasteiger partial charge on any atom is 0.319 e. The third-order valence-electron chi connectivity index (χ3n) is 2.80. The number of para-hydroxylation sites is 1. The molecule has 2 unspecified atom stereocenters. The summed E-state index contributed by atoms with van der Waals surface area (Å²) in [7, 11) is 0. The van der Waals surface area contributed by atoms with Gasteiger partial charge in [0.2, 0.25) is 0 Å². The molecule has 1 aromatic carbocycles. The van der Waals surface area contributed by atoms with E-state index in [0.29, 0.717) is 0 Å². The van der Waals surface area contributed by atoms with E-state index < -0.39 is 12.8 Å². The highest BCUT2D eigenvalue weighted by Gasteiger charge is 1.99. The molecule has 1 aromatic rings. The van der Waals surface area contributed by atoms with Crippen LogP contribution in [0.25, 0.3) is 0 Å². The van der Waals surface area contributed by atoms with Gasteiger partial charge in [-0.25, -0.2) is 4.79 Å². The highest BCUT2D eigenvalue weighted by atomic mass is 16.2. The van der Waals surface area contributed by atoms with Crippen LogP contribution in [0.4, 0.5) is 10.5 Å². The molecule has 106 valence electrons. The SMILES string of the molecule is [2H]C(CCCCCC)C([2H])CNC(=O)Nc1ccccc1. The van der Waals surface area contributed by atoms with Gasteiger partial charge < -0.3 is 10.6 Å². The lowest BCUT2D eigenvalue weighted by Crippen LogP contribution is -2.29. The van der Waals surface area contributed by atoms with Gasteiger partial charge in [0, 0.05) is 15.0 Å². The summed E-state index contributed by atoms with van der Waals surface area (Å²) in [6.07, 6.45) is 4.21. The fourth-order valence-electron chi connectivity index (χ4n) is 1.74. The molecule has 2 atom stereocenters. The lowest BCUT2D eigenvalue weighted by Gasteiger charge is -2.07. The minimum atomic E-state index is -0.576. The number of urea groups is 1. The second-order valence-corrected chi connectivity index (χ2v) is 4.52. The van der Waals surface area contributed by atoms with Crippen molar-refractivity contribution in [3.05, 3.63) is 30.3 Å². The Balaban J connectivity index is 2.19. The topological polar surface area (TPSA) is 41.1 Å². The summed E-state index contributed by atoms with van der Waals surface area (Å²) in [5.41, 5.74) is 0.721. The number of nitrogens with one attached hydrogen (secondary N) is 2. The molecule has 0 saturated carbocycles. The Hall–Kier alpha value is -1.51. The molecular weight excluding hydrogens is 236 g/mol. The molecule has 0 spiro atoms. The van der Waals surface area contributed by atoms with E-state index in [1.54, 1.807) is 12.1 Å². The van der Waals surface area contributed by atoms with Crippen LogP contribution >= 0.6 is 0 Å². The number of unbranched alkanes of at least 4 members (excludes halogenated alkanes) is 3. The quantitative estimate of drug-likeness (QED) is 0.631. The third-order valence-corrected chi connectivity index (χ3v) is 2.80. The van der Waals surface area contributed by atoms with Gasteiger partial charge in [-0.3, -0.25) is 0 Å². The Labute approximate surface area is 119 Å². The van der Waals surface area contributed by atoms with Crippen LogP contribution in [0.5, 0.6) is 0 Å². The monoisotopic (exact) mass is 264 g/mol. The number of hydrogen-bond donors (Lipinski definition) is 2. The van der Waals surface area contributed by atoms with Crippen LogP contribution in [0, 0.1) is 0 Å². The minimum Gasteiger partial charge on any atom is -0.338 e. The molecule has 1 rings (SSSR count). The predicted molar refractivity (Wildman–Crippen MR) is 81.5 cm³/mol. The largest absolute Gasteiger partial charge is 0.338 e. The van der Waals surface area contributed by atoms with Crippen LogP contribution in [0.3, 0.4) is 0 Å². The molecule has 0 aliphatic rings. The van der Waals surface area contributed by atoms with Crippen molar-refractivity contribution in [2.45, 2.75) is 51.8 Å². The van der Waals surface area contributed by atoms with E-state index in [2.05, 4.69) is 17.6 Å². The Morgan fingerprint density at radius 2 is 1.84 bits per heavy atom. The van der Waals surface area contributed by atoms with Crippen molar-refractivity contribution in [3.63, 3.8) is 0 Å². The van der Waals surface area contributed by atoms with E-state index in [-0.39, 0.29) is 12.6 Å². The number of carbonyl (C=O) groups excluding carboxylic acids is 1. The second-order valence-electron chi connectivity index (χ2n) is 4.52. The third kappa shape index (κ3) is 8.25. The summed E-state index contributed by atoms with van der Waals surface area (Å²) < 4.78 is 15.8. The first-order valence-corrected chi connectivity index (χ1v) is 7.08. The summed E-state index contributed by atoms with van der Waals surface area (Å²) in [5.74, 6) is 0. The Morgan fingerprint density at radius 3 is 2.58 bits per heavy atom. The standard InChI is InChI=1S/C16H26N2O/c1-2-3-4-5-6-7-11-14-17-16(19)18-15-12-9-8-10-13-15/h8-10,12-13H,2-7,11,14H2,1H3,(H2,17,18,19)/i7D,11D. The van der Waals surface area contributed by atoms with Crippen molar-refractivity contribution in [2.24, 2.45) is 0 Å². The molecule has 0 bridgehead atoms. The molecule has 19 heavy (non-hydrogen) atoms. The molecule has 0 fully saturated rings. The smallest absolute Gasteiger partial charge is 0.319 e. The average Bonchev–Trinajstić information content (AvgIpc) is 2.50. The molecule has 0 heterocycles. The van der Waals surface area contributed by atoms with Gasteiger partial charge in [0.15, 0.2) is 0 Å². The number of carbonyl (C=O) groups is 1. The first-order valence-electron chi connectivity index (χ1n) is 8.23. The van der Waals surface area contributed by atoms with Crippen molar-refractivity contribution >= 4 is 11.7 Å². The van der Waals surface area contributed by atoms with Gasteiger partial charge in [-0.1, -0.05) is 63.6 Å². The van der Waals surface area contributed by atoms with Gasteiger partial charge in [0.1, 0.15) is 0 Å². The number of hydrogen-bond acceptors (Lipinski definition) is 1. The van der Waals surface area contributed by atoms with Gasteiger partial charge in [-0.15, -0.1) is 0 Å². The van der Waals surface area contributed by atoms with E-state index in [0.717, 1.165) is 24.9 Å². The van der Waals surface area contributed by atoms with Crippen molar-refractivity contribution in [1.29, 1.82) is 0 Å². The lowest BCUT2D eigenvalue weighted by molar-refractivity contribution is 0.252. The van der Waals surface area contributed by atoms with Crippen molar-refractivity contribution < 1.29 is 7.54 Å². The molecule has 3 nitrogen and oxygen atoms in total. The zero-order valence-corrected chi connectivity index (χ0v) is 11.7. The molecule has 2 N–H and O–H groups in total. The van der Waals surface area contributed by atoms with Gasteiger partial charge in [-0.05, 0) is 18.5 Å². The van der Waals surface area contributed by atoms with Crippen LogP contribution in [-0.2, 0) is 0 Å². The highest BCUT2D eigenvalue weighted by Crippen LogP contribution is 2.06. The first-order chi connectivity index (χ1) is 10.1. The first kappa shape index (κ1) is 12.5. The summed E-state index contributed by atoms with van der Waals surface area (Å²) >= 11 is 0. The number of benzene rings is 1.